The third-order valence-electron chi connectivity index (χ3n) is 2.81. The second-order valence-electron chi connectivity index (χ2n) is 4.48. The zero-order valence-corrected chi connectivity index (χ0v) is 11.9. The Morgan fingerprint density at radius 3 is 2.88 bits per heavy atom. The van der Waals surface area contributed by atoms with Crippen LogP contribution in [-0.2, 0) is 6.42 Å². The Labute approximate surface area is 109 Å². The number of aliphatic hydroxyl groups excluding tert-OH is 1. The molecule has 0 aliphatic carbocycles. The molecule has 98 valence electrons. The van der Waals surface area contributed by atoms with Crippen LogP contribution in [0.1, 0.15) is 45.3 Å². The lowest BCUT2D eigenvalue weighted by Crippen LogP contribution is -2.15. The summed E-state index contributed by atoms with van der Waals surface area (Å²) < 4.78 is 1.99. The normalized spacial score (nSPS) is 14.8. The van der Waals surface area contributed by atoms with E-state index in [1.807, 2.05) is 28.7 Å². The molecule has 17 heavy (non-hydrogen) atoms. The molecule has 1 N–H and O–H groups in total. The lowest BCUT2D eigenvalue weighted by Gasteiger charge is -2.10. The van der Waals surface area contributed by atoms with E-state index in [0.29, 0.717) is 12.5 Å². The first-order valence-corrected chi connectivity index (χ1v) is 7.62. The Kier molecular flexibility index (Phi) is 6.66. The van der Waals surface area contributed by atoms with Gasteiger partial charge in [0.1, 0.15) is 0 Å². The molecule has 0 fully saturated rings. The van der Waals surface area contributed by atoms with Crippen LogP contribution in [0.25, 0.3) is 0 Å². The van der Waals surface area contributed by atoms with E-state index < -0.39 is 0 Å². The van der Waals surface area contributed by atoms with Crippen molar-refractivity contribution in [3.63, 3.8) is 0 Å². The highest BCUT2D eigenvalue weighted by Crippen LogP contribution is 2.12. The Balaban J connectivity index is 2.37. The fraction of sp³-hybridized carbons (Fsp3) is 0.769. The highest BCUT2D eigenvalue weighted by atomic mass is 32.2. The maximum Gasteiger partial charge on any atom is 0.0686 e. The van der Waals surface area contributed by atoms with Crippen LogP contribution in [-0.4, -0.2) is 32.5 Å². The van der Waals surface area contributed by atoms with E-state index in [4.69, 9.17) is 0 Å². The topological polar surface area (TPSA) is 38.0 Å². The van der Waals surface area contributed by atoms with Gasteiger partial charge < -0.3 is 5.11 Å². The van der Waals surface area contributed by atoms with Gasteiger partial charge in [-0.25, -0.2) is 0 Å². The summed E-state index contributed by atoms with van der Waals surface area (Å²) in [6.45, 7) is 6.47. The SMILES string of the molecule is CCCSCC(O)Cc1ccn(C(C)CC)n1. The van der Waals surface area contributed by atoms with Crippen molar-refractivity contribution < 1.29 is 5.11 Å². The number of aliphatic hydroxyl groups is 1. The summed E-state index contributed by atoms with van der Waals surface area (Å²) in [6.07, 6.45) is 4.65. The molecule has 0 aromatic carbocycles. The number of hydrogen-bond donors (Lipinski definition) is 1. The Morgan fingerprint density at radius 2 is 2.24 bits per heavy atom. The van der Waals surface area contributed by atoms with Crippen molar-refractivity contribution in [1.82, 2.24) is 9.78 Å². The molecular formula is C13H24N2OS. The van der Waals surface area contributed by atoms with E-state index in [2.05, 4.69) is 25.9 Å². The van der Waals surface area contributed by atoms with E-state index in [0.717, 1.165) is 23.6 Å². The second kappa shape index (κ2) is 7.77. The average molecular weight is 256 g/mol. The summed E-state index contributed by atoms with van der Waals surface area (Å²) in [6, 6.07) is 2.45. The van der Waals surface area contributed by atoms with E-state index >= 15 is 0 Å². The van der Waals surface area contributed by atoms with Gasteiger partial charge in [0.15, 0.2) is 0 Å². The van der Waals surface area contributed by atoms with Crippen molar-refractivity contribution in [3.05, 3.63) is 18.0 Å². The van der Waals surface area contributed by atoms with Crippen LogP contribution in [0, 0.1) is 0 Å². The lowest BCUT2D eigenvalue weighted by atomic mass is 10.2. The summed E-state index contributed by atoms with van der Waals surface area (Å²) in [5, 5.41) is 14.4. The molecule has 2 unspecified atom stereocenters. The molecule has 4 heteroatoms. The van der Waals surface area contributed by atoms with Crippen molar-refractivity contribution in [2.45, 2.75) is 52.2 Å². The fourth-order valence-electron chi connectivity index (χ4n) is 1.58. The van der Waals surface area contributed by atoms with Crippen molar-refractivity contribution in [2.24, 2.45) is 0 Å². The molecule has 1 rings (SSSR count). The summed E-state index contributed by atoms with van der Waals surface area (Å²) >= 11 is 1.81. The summed E-state index contributed by atoms with van der Waals surface area (Å²) in [5.74, 6) is 1.93. The molecule has 0 spiro atoms. The molecule has 1 aromatic heterocycles. The number of hydrogen-bond acceptors (Lipinski definition) is 3. The van der Waals surface area contributed by atoms with Crippen LogP contribution >= 0.6 is 11.8 Å². The molecule has 3 nitrogen and oxygen atoms in total. The van der Waals surface area contributed by atoms with Crippen LogP contribution in [0.15, 0.2) is 12.3 Å². The number of rotatable bonds is 8. The summed E-state index contributed by atoms with van der Waals surface area (Å²) in [7, 11) is 0. The molecule has 2 atom stereocenters. The quantitative estimate of drug-likeness (QED) is 0.727. The Bertz CT molecular complexity index is 314. The van der Waals surface area contributed by atoms with Crippen LogP contribution in [0.4, 0.5) is 0 Å². The van der Waals surface area contributed by atoms with Gasteiger partial charge in [0.2, 0.25) is 0 Å². The highest BCUT2D eigenvalue weighted by molar-refractivity contribution is 7.99. The minimum atomic E-state index is -0.271. The van der Waals surface area contributed by atoms with Crippen molar-refractivity contribution in [2.75, 3.05) is 11.5 Å². The van der Waals surface area contributed by atoms with Gasteiger partial charge in [0.25, 0.3) is 0 Å². The maximum atomic E-state index is 9.86. The van der Waals surface area contributed by atoms with Crippen molar-refractivity contribution in [1.29, 1.82) is 0 Å². The van der Waals surface area contributed by atoms with Gasteiger partial charge in [-0.2, -0.15) is 16.9 Å². The van der Waals surface area contributed by atoms with Crippen molar-refractivity contribution in [3.8, 4) is 0 Å². The molecule has 0 radical (unpaired) electrons. The van der Waals surface area contributed by atoms with Gasteiger partial charge >= 0.3 is 0 Å². The second-order valence-corrected chi connectivity index (χ2v) is 5.63. The molecule has 0 aliphatic rings. The lowest BCUT2D eigenvalue weighted by molar-refractivity contribution is 0.198. The van der Waals surface area contributed by atoms with E-state index in [1.54, 1.807) is 0 Å². The molecule has 0 saturated heterocycles. The van der Waals surface area contributed by atoms with Gasteiger partial charge in [-0.3, -0.25) is 4.68 Å². The van der Waals surface area contributed by atoms with Crippen LogP contribution < -0.4 is 0 Å². The van der Waals surface area contributed by atoms with Gasteiger partial charge in [0.05, 0.1) is 11.8 Å². The number of aromatic nitrogens is 2. The fourth-order valence-corrected chi connectivity index (χ4v) is 2.43. The van der Waals surface area contributed by atoms with Crippen molar-refractivity contribution >= 4 is 11.8 Å². The predicted molar refractivity (Wildman–Crippen MR) is 74.6 cm³/mol. The first kappa shape index (κ1) is 14.6. The van der Waals surface area contributed by atoms with Gasteiger partial charge in [-0.1, -0.05) is 13.8 Å². The first-order valence-electron chi connectivity index (χ1n) is 6.47. The predicted octanol–water partition coefficient (Wildman–Crippen LogP) is 2.90. The Hall–Kier alpha value is -0.480. The zero-order valence-electron chi connectivity index (χ0n) is 11.1. The standard InChI is InChI=1S/C13H24N2OS/c1-4-8-17-10-13(16)9-12-6-7-15(14-12)11(3)5-2/h6-7,11,13,16H,4-5,8-10H2,1-3H3. The minimum Gasteiger partial charge on any atom is -0.392 e. The first-order chi connectivity index (χ1) is 8.17. The number of thioether (sulfide) groups is 1. The monoisotopic (exact) mass is 256 g/mol. The maximum absolute atomic E-state index is 9.86. The molecule has 0 bridgehead atoms. The molecule has 1 heterocycles. The van der Waals surface area contributed by atoms with Crippen LogP contribution in [0.3, 0.4) is 0 Å². The molecule has 1 aromatic rings. The highest BCUT2D eigenvalue weighted by Gasteiger charge is 2.09. The van der Waals surface area contributed by atoms with Crippen LogP contribution in [0.5, 0.6) is 0 Å². The Morgan fingerprint density at radius 1 is 1.47 bits per heavy atom. The van der Waals surface area contributed by atoms with Gasteiger partial charge in [-0.15, -0.1) is 0 Å². The van der Waals surface area contributed by atoms with Gasteiger partial charge in [-0.05, 0) is 31.6 Å². The number of nitrogens with zero attached hydrogens (tertiary/aromatic N) is 2. The summed E-state index contributed by atoms with van der Waals surface area (Å²) in [4.78, 5) is 0. The molecule has 0 saturated carbocycles. The largest absolute Gasteiger partial charge is 0.392 e. The molecular weight excluding hydrogens is 232 g/mol. The third-order valence-corrected chi connectivity index (χ3v) is 4.13. The summed E-state index contributed by atoms with van der Waals surface area (Å²) in [5.41, 5.74) is 0.995. The average Bonchev–Trinajstić information content (AvgIpc) is 2.77. The third kappa shape index (κ3) is 5.13. The van der Waals surface area contributed by atoms with Crippen LogP contribution in [0.2, 0.25) is 0 Å². The van der Waals surface area contributed by atoms with E-state index in [1.165, 1.54) is 6.42 Å². The van der Waals surface area contributed by atoms with E-state index in [-0.39, 0.29) is 6.10 Å². The molecule has 0 aliphatic heterocycles. The van der Waals surface area contributed by atoms with E-state index in [9.17, 15) is 5.11 Å². The smallest absolute Gasteiger partial charge is 0.0686 e. The zero-order chi connectivity index (χ0) is 12.7. The molecule has 0 amide bonds. The van der Waals surface area contributed by atoms with Gasteiger partial charge in [0, 0.05) is 24.4 Å². The minimum absolute atomic E-state index is 0.271.